The molecule has 0 fully saturated rings. The molecule has 0 heterocycles. The lowest BCUT2D eigenvalue weighted by atomic mass is 10.1. The third-order valence-corrected chi connectivity index (χ3v) is 11.5. The highest BCUT2D eigenvalue weighted by Gasteiger charge is 2.19. The number of carbonyl (C=O) groups is 3. The molecule has 360 valence electrons. The summed E-state index contributed by atoms with van der Waals surface area (Å²) in [6.45, 7) is 6.57. The molecule has 0 spiro atoms. The minimum Gasteiger partial charge on any atom is -0.462 e. The normalized spacial score (nSPS) is 12.4. The summed E-state index contributed by atoms with van der Waals surface area (Å²) >= 11 is 0. The van der Waals surface area contributed by atoms with Gasteiger partial charge in [0.1, 0.15) is 13.2 Å². The number of carbonyl (C=O) groups excluding carboxylic acids is 3. The highest BCUT2D eigenvalue weighted by Crippen LogP contribution is 2.14. The lowest BCUT2D eigenvalue weighted by Crippen LogP contribution is -2.30. The van der Waals surface area contributed by atoms with E-state index in [1.54, 1.807) is 0 Å². The van der Waals surface area contributed by atoms with Gasteiger partial charge in [0.15, 0.2) is 6.10 Å². The highest BCUT2D eigenvalue weighted by atomic mass is 16.6. The van der Waals surface area contributed by atoms with Crippen LogP contribution in [0, 0.1) is 0 Å². The van der Waals surface area contributed by atoms with Crippen LogP contribution in [0.5, 0.6) is 0 Å². The van der Waals surface area contributed by atoms with E-state index in [-0.39, 0.29) is 31.1 Å². The molecule has 0 aliphatic rings. The van der Waals surface area contributed by atoms with Gasteiger partial charge in [-0.3, -0.25) is 14.4 Å². The van der Waals surface area contributed by atoms with Crippen molar-refractivity contribution in [3.05, 3.63) is 48.6 Å². The van der Waals surface area contributed by atoms with Crippen molar-refractivity contribution < 1.29 is 28.6 Å². The van der Waals surface area contributed by atoms with E-state index < -0.39 is 6.10 Å². The summed E-state index contributed by atoms with van der Waals surface area (Å²) in [4.78, 5) is 38.0. The Morgan fingerprint density at radius 3 is 0.952 bits per heavy atom. The summed E-state index contributed by atoms with van der Waals surface area (Å²) < 4.78 is 16.8. The molecule has 0 aliphatic heterocycles. The minimum absolute atomic E-state index is 0.0849. The van der Waals surface area contributed by atoms with E-state index in [4.69, 9.17) is 14.2 Å². The fraction of sp³-hybridized carbons (Fsp3) is 0.804. The Morgan fingerprint density at radius 1 is 0.323 bits per heavy atom. The lowest BCUT2D eigenvalue weighted by Gasteiger charge is -2.18. The molecule has 6 nitrogen and oxygen atoms in total. The minimum atomic E-state index is -0.785. The highest BCUT2D eigenvalue weighted by molar-refractivity contribution is 5.71. The zero-order valence-corrected chi connectivity index (χ0v) is 41.1. The van der Waals surface area contributed by atoms with Gasteiger partial charge in [-0.15, -0.1) is 0 Å². The van der Waals surface area contributed by atoms with Gasteiger partial charge < -0.3 is 14.2 Å². The van der Waals surface area contributed by atoms with Crippen LogP contribution in [0.4, 0.5) is 0 Å². The predicted octanol–water partition coefficient (Wildman–Crippen LogP) is 17.5. The smallest absolute Gasteiger partial charge is 0.306 e. The van der Waals surface area contributed by atoms with Crippen LogP contribution in [0.2, 0.25) is 0 Å². The average Bonchev–Trinajstić information content (AvgIpc) is 3.27. The van der Waals surface area contributed by atoms with Crippen LogP contribution in [0.1, 0.15) is 271 Å². The van der Waals surface area contributed by atoms with Crippen molar-refractivity contribution in [2.24, 2.45) is 0 Å². The van der Waals surface area contributed by atoms with Crippen molar-refractivity contribution in [3.8, 4) is 0 Å². The fourth-order valence-corrected chi connectivity index (χ4v) is 7.45. The predicted molar refractivity (Wildman–Crippen MR) is 265 cm³/mol. The number of ether oxygens (including phenoxy) is 3. The van der Waals surface area contributed by atoms with Crippen LogP contribution in [0.3, 0.4) is 0 Å². The van der Waals surface area contributed by atoms with E-state index >= 15 is 0 Å². The number of rotatable bonds is 48. The maximum atomic E-state index is 12.8. The Balaban J connectivity index is 4.41. The number of unbranched alkanes of at least 4 members (excludes halogenated alkanes) is 29. The second-order valence-corrected chi connectivity index (χ2v) is 17.8. The molecule has 0 N–H and O–H groups in total. The van der Waals surface area contributed by atoms with Crippen LogP contribution in [0.15, 0.2) is 48.6 Å². The van der Waals surface area contributed by atoms with E-state index in [1.165, 1.54) is 135 Å². The number of hydrogen-bond acceptors (Lipinski definition) is 6. The van der Waals surface area contributed by atoms with Crippen molar-refractivity contribution in [1.82, 2.24) is 0 Å². The summed E-state index contributed by atoms with van der Waals surface area (Å²) in [6, 6.07) is 0. The maximum absolute atomic E-state index is 12.8. The molecule has 1 atom stereocenters. The fourth-order valence-electron chi connectivity index (χ4n) is 7.45. The summed E-state index contributed by atoms with van der Waals surface area (Å²) in [7, 11) is 0. The summed E-state index contributed by atoms with van der Waals surface area (Å²) in [5.41, 5.74) is 0. The van der Waals surface area contributed by atoms with E-state index in [0.29, 0.717) is 19.3 Å². The molecular formula is C56H100O6. The molecule has 0 aromatic carbocycles. The van der Waals surface area contributed by atoms with Crippen molar-refractivity contribution in [2.75, 3.05) is 13.2 Å². The quantitative estimate of drug-likeness (QED) is 0.0262. The number of esters is 3. The standard InChI is InChI=1S/C56H100O6/c1-4-7-10-13-16-19-22-25-28-29-32-34-37-40-43-46-49-55(58)61-52-53(62-56(59)50-47-44-41-38-35-31-27-24-21-18-15-12-9-6-3)51-60-54(57)48-45-42-39-36-33-30-26-23-20-17-14-11-8-5-2/h15,18,23-24,26-29,53H,4-14,16-17,19-22,25,30-52H2,1-3H3/b18-15-,26-23-,27-24-,29-28-. The first-order valence-corrected chi connectivity index (χ1v) is 26.6. The first-order valence-electron chi connectivity index (χ1n) is 26.6. The second kappa shape index (κ2) is 51.0. The summed E-state index contributed by atoms with van der Waals surface area (Å²) in [6.07, 6.45) is 60.9. The SMILES string of the molecule is CCCC/C=C\C/C=C\CCCCCCCC(=O)OC(COC(=O)CCCCCCC/C=C\CCCCCCC)COC(=O)CCCCCCC/C=C\CCCCCCCCC. The van der Waals surface area contributed by atoms with Crippen molar-refractivity contribution in [1.29, 1.82) is 0 Å². The van der Waals surface area contributed by atoms with Gasteiger partial charge in [0, 0.05) is 19.3 Å². The van der Waals surface area contributed by atoms with Crippen LogP contribution < -0.4 is 0 Å². The second-order valence-electron chi connectivity index (χ2n) is 17.8. The zero-order valence-electron chi connectivity index (χ0n) is 41.1. The van der Waals surface area contributed by atoms with Gasteiger partial charge in [-0.2, -0.15) is 0 Å². The molecule has 6 heteroatoms. The Morgan fingerprint density at radius 2 is 0.597 bits per heavy atom. The molecule has 0 aromatic rings. The molecule has 0 amide bonds. The number of allylic oxidation sites excluding steroid dienone is 8. The Bertz CT molecular complexity index is 1090. The zero-order chi connectivity index (χ0) is 45.1. The number of hydrogen-bond donors (Lipinski definition) is 0. The van der Waals surface area contributed by atoms with Gasteiger partial charge in [-0.1, -0.05) is 204 Å². The molecule has 1 unspecified atom stereocenters. The van der Waals surface area contributed by atoms with Crippen LogP contribution >= 0.6 is 0 Å². The van der Waals surface area contributed by atoms with Gasteiger partial charge in [0.05, 0.1) is 0 Å². The van der Waals surface area contributed by atoms with Gasteiger partial charge in [0.25, 0.3) is 0 Å². The van der Waals surface area contributed by atoms with E-state index in [9.17, 15) is 14.4 Å². The Kier molecular flexibility index (Phi) is 48.8. The van der Waals surface area contributed by atoms with Crippen molar-refractivity contribution >= 4 is 17.9 Å². The lowest BCUT2D eigenvalue weighted by molar-refractivity contribution is -0.167. The van der Waals surface area contributed by atoms with E-state index in [1.807, 2.05) is 0 Å². The molecule has 0 aromatic heterocycles. The molecule has 0 aliphatic carbocycles. The summed E-state index contributed by atoms with van der Waals surface area (Å²) in [5.74, 6) is -0.908. The van der Waals surface area contributed by atoms with Gasteiger partial charge in [-0.05, 0) is 96.3 Å². The first kappa shape index (κ1) is 59.4. The maximum Gasteiger partial charge on any atom is 0.306 e. The van der Waals surface area contributed by atoms with Crippen LogP contribution in [0.25, 0.3) is 0 Å². The first-order chi connectivity index (χ1) is 30.5. The van der Waals surface area contributed by atoms with Crippen LogP contribution in [-0.4, -0.2) is 37.2 Å². The molecule has 0 radical (unpaired) electrons. The van der Waals surface area contributed by atoms with E-state index in [2.05, 4.69) is 69.4 Å². The molecule has 0 rings (SSSR count). The van der Waals surface area contributed by atoms with Gasteiger partial charge in [-0.25, -0.2) is 0 Å². The molecule has 0 saturated carbocycles. The monoisotopic (exact) mass is 869 g/mol. The van der Waals surface area contributed by atoms with Gasteiger partial charge in [0.2, 0.25) is 0 Å². The molecule has 0 bridgehead atoms. The molecule has 0 saturated heterocycles. The van der Waals surface area contributed by atoms with Crippen molar-refractivity contribution in [3.63, 3.8) is 0 Å². The Labute approximate surface area is 384 Å². The van der Waals surface area contributed by atoms with Crippen LogP contribution in [-0.2, 0) is 28.6 Å². The van der Waals surface area contributed by atoms with Gasteiger partial charge >= 0.3 is 17.9 Å². The molecular weight excluding hydrogens is 769 g/mol. The van der Waals surface area contributed by atoms with Crippen molar-refractivity contribution in [2.45, 2.75) is 277 Å². The average molecular weight is 869 g/mol. The Hall–Kier alpha value is -2.63. The third-order valence-electron chi connectivity index (χ3n) is 11.5. The molecule has 62 heavy (non-hydrogen) atoms. The topological polar surface area (TPSA) is 78.9 Å². The summed E-state index contributed by atoms with van der Waals surface area (Å²) in [5, 5.41) is 0. The third kappa shape index (κ3) is 48.4. The largest absolute Gasteiger partial charge is 0.462 e. The van der Waals surface area contributed by atoms with E-state index in [0.717, 1.165) is 96.3 Å².